The fourth-order valence-corrected chi connectivity index (χ4v) is 5.26. The Kier molecular flexibility index (Phi) is 7.34. The quantitative estimate of drug-likeness (QED) is 0.242. The zero-order valence-electron chi connectivity index (χ0n) is 19.9. The monoisotopic (exact) mass is 578 g/mol. The van der Waals surface area contributed by atoms with Crippen LogP contribution in [0.4, 0.5) is 10.1 Å². The minimum atomic E-state index is -0.335. The minimum Gasteiger partial charge on any atom is -0.459 e. The lowest BCUT2D eigenvalue weighted by atomic mass is 10.0. The van der Waals surface area contributed by atoms with Crippen molar-refractivity contribution < 1.29 is 13.6 Å². The van der Waals surface area contributed by atoms with Crippen molar-refractivity contribution in [1.29, 1.82) is 0 Å². The summed E-state index contributed by atoms with van der Waals surface area (Å²) in [5.74, 6) is 0.810. The third-order valence-electron chi connectivity index (χ3n) is 6.23. The number of rotatable bonds is 7. The zero-order valence-corrected chi connectivity index (χ0v) is 22.4. The number of hydrogen-bond donors (Lipinski definition) is 2. The first-order valence-electron chi connectivity index (χ1n) is 11.8. The first-order chi connectivity index (χ1) is 17.9. The third kappa shape index (κ3) is 5.57. The number of nitrogens with one attached hydrogen (secondary N) is 2. The zero-order chi connectivity index (χ0) is 25.9. The molecule has 1 amide bonds. The van der Waals surface area contributed by atoms with E-state index in [1.807, 2.05) is 66.4 Å². The molecule has 6 nitrogen and oxygen atoms in total. The molecule has 0 bridgehead atoms. The van der Waals surface area contributed by atoms with E-state index in [0.29, 0.717) is 27.7 Å². The van der Waals surface area contributed by atoms with Gasteiger partial charge >= 0.3 is 0 Å². The molecule has 1 saturated heterocycles. The minimum absolute atomic E-state index is 0.109. The molecule has 1 fully saturated rings. The Morgan fingerprint density at radius 1 is 1.16 bits per heavy atom. The van der Waals surface area contributed by atoms with Crippen molar-refractivity contribution in [3.8, 4) is 11.3 Å². The molecule has 2 aromatic carbocycles. The van der Waals surface area contributed by atoms with Gasteiger partial charge < -0.3 is 20.0 Å². The second-order valence-electron chi connectivity index (χ2n) is 8.81. The van der Waals surface area contributed by atoms with Crippen LogP contribution < -0.4 is 10.6 Å². The molecule has 0 spiro atoms. The standard InChI is InChI=1S/C28H24BrFN4O2S/c1-17-5-8-19(9-6-17)32-25(35)13-15-34-27(26(33-28(34)37)22-4-2-3-14-31-22)24-12-11-23(36-24)20-10-7-18(30)16-21(20)29/h2-12,14,16,26-27H,13,15H2,1H3,(H,32,35)(H,33,37)/t26-,27+/m0/s1. The van der Waals surface area contributed by atoms with Crippen LogP contribution in [-0.4, -0.2) is 27.4 Å². The van der Waals surface area contributed by atoms with Crippen LogP contribution in [0.1, 0.15) is 35.5 Å². The molecule has 37 heavy (non-hydrogen) atoms. The normalized spacial score (nSPS) is 17.1. The summed E-state index contributed by atoms with van der Waals surface area (Å²) in [4.78, 5) is 19.2. The van der Waals surface area contributed by atoms with E-state index in [0.717, 1.165) is 22.5 Å². The maximum Gasteiger partial charge on any atom is 0.226 e. The van der Waals surface area contributed by atoms with E-state index in [9.17, 15) is 9.18 Å². The second kappa shape index (κ2) is 10.8. The summed E-state index contributed by atoms with van der Waals surface area (Å²) in [6.45, 7) is 2.38. The van der Waals surface area contributed by atoms with E-state index >= 15 is 0 Å². The first-order valence-corrected chi connectivity index (χ1v) is 13.0. The average molecular weight is 579 g/mol. The van der Waals surface area contributed by atoms with Crippen molar-refractivity contribution in [3.63, 3.8) is 0 Å². The number of benzene rings is 2. The molecule has 0 aliphatic carbocycles. The highest BCUT2D eigenvalue weighted by Gasteiger charge is 2.41. The molecule has 2 atom stereocenters. The van der Waals surface area contributed by atoms with Gasteiger partial charge in [0.25, 0.3) is 0 Å². The highest BCUT2D eigenvalue weighted by atomic mass is 79.9. The SMILES string of the molecule is Cc1ccc(NC(=O)CCN2C(=S)N[C@@H](c3ccccn3)[C@H]2c2ccc(-c3ccc(F)cc3Br)o2)cc1. The molecule has 1 aliphatic rings. The van der Waals surface area contributed by atoms with E-state index < -0.39 is 0 Å². The molecule has 0 saturated carbocycles. The number of carbonyl (C=O) groups excluding carboxylic acids is 1. The summed E-state index contributed by atoms with van der Waals surface area (Å²) in [5, 5.41) is 6.82. The number of hydrogen-bond acceptors (Lipinski definition) is 4. The Bertz CT molecular complexity index is 1430. The number of thiocarbonyl (C=S) groups is 1. The summed E-state index contributed by atoms with van der Waals surface area (Å²) in [7, 11) is 0. The van der Waals surface area contributed by atoms with Crippen LogP contribution in [0.2, 0.25) is 0 Å². The van der Waals surface area contributed by atoms with Gasteiger partial charge in [-0.05, 0) is 89.7 Å². The van der Waals surface area contributed by atoms with Crippen molar-refractivity contribution >= 4 is 44.9 Å². The number of furan rings is 1. The number of nitrogens with zero attached hydrogens (tertiary/aromatic N) is 2. The largest absolute Gasteiger partial charge is 0.459 e. The Morgan fingerprint density at radius 2 is 1.97 bits per heavy atom. The maximum atomic E-state index is 13.6. The molecule has 2 aromatic heterocycles. The van der Waals surface area contributed by atoms with Crippen molar-refractivity contribution in [2.24, 2.45) is 0 Å². The van der Waals surface area contributed by atoms with Crippen molar-refractivity contribution in [2.45, 2.75) is 25.4 Å². The summed E-state index contributed by atoms with van der Waals surface area (Å²) in [6, 6.07) is 21.0. The molecular formula is C28H24BrFN4O2S. The molecular weight excluding hydrogens is 555 g/mol. The fourth-order valence-electron chi connectivity index (χ4n) is 4.38. The summed E-state index contributed by atoms with van der Waals surface area (Å²) in [5.41, 5.74) is 3.42. The predicted molar refractivity (Wildman–Crippen MR) is 148 cm³/mol. The number of aryl methyl sites for hydroxylation is 1. The van der Waals surface area contributed by atoms with Crippen LogP contribution in [0.15, 0.2) is 87.9 Å². The molecule has 0 unspecified atom stereocenters. The second-order valence-corrected chi connectivity index (χ2v) is 10.1. The van der Waals surface area contributed by atoms with Crippen LogP contribution >= 0.6 is 28.1 Å². The van der Waals surface area contributed by atoms with Crippen molar-refractivity contribution in [2.75, 3.05) is 11.9 Å². The maximum absolute atomic E-state index is 13.6. The van der Waals surface area contributed by atoms with Gasteiger partial charge in [0.2, 0.25) is 5.91 Å². The number of aromatic nitrogens is 1. The van der Waals surface area contributed by atoms with Gasteiger partial charge in [-0.25, -0.2) is 4.39 Å². The molecule has 188 valence electrons. The molecule has 5 rings (SSSR count). The van der Waals surface area contributed by atoms with E-state index in [4.69, 9.17) is 16.6 Å². The molecule has 4 aromatic rings. The Hall–Kier alpha value is -3.56. The smallest absolute Gasteiger partial charge is 0.226 e. The summed E-state index contributed by atoms with van der Waals surface area (Å²) >= 11 is 9.11. The molecule has 2 N–H and O–H groups in total. The Balaban J connectivity index is 1.40. The van der Waals surface area contributed by atoms with E-state index in [-0.39, 0.29) is 30.2 Å². The van der Waals surface area contributed by atoms with Crippen LogP contribution in [0.5, 0.6) is 0 Å². The van der Waals surface area contributed by atoms with Gasteiger partial charge in [0.15, 0.2) is 5.11 Å². The van der Waals surface area contributed by atoms with E-state index in [2.05, 4.69) is 31.5 Å². The van der Waals surface area contributed by atoms with Gasteiger partial charge in [-0.2, -0.15) is 0 Å². The van der Waals surface area contributed by atoms with Crippen LogP contribution in [-0.2, 0) is 4.79 Å². The van der Waals surface area contributed by atoms with Gasteiger partial charge in [0.1, 0.15) is 23.4 Å². The van der Waals surface area contributed by atoms with Crippen LogP contribution in [0.3, 0.4) is 0 Å². The highest BCUT2D eigenvalue weighted by molar-refractivity contribution is 9.10. The van der Waals surface area contributed by atoms with E-state index in [1.165, 1.54) is 12.1 Å². The van der Waals surface area contributed by atoms with E-state index in [1.54, 1.807) is 12.3 Å². The van der Waals surface area contributed by atoms with Crippen molar-refractivity contribution in [1.82, 2.24) is 15.2 Å². The lowest BCUT2D eigenvalue weighted by molar-refractivity contribution is -0.116. The Labute approximate surface area is 228 Å². The van der Waals surface area contributed by atoms with Crippen LogP contribution in [0.25, 0.3) is 11.3 Å². The van der Waals surface area contributed by atoms with Gasteiger partial charge in [-0.1, -0.05) is 23.8 Å². The average Bonchev–Trinajstić information content (AvgIpc) is 3.49. The molecule has 9 heteroatoms. The lowest BCUT2D eigenvalue weighted by Crippen LogP contribution is -2.32. The van der Waals surface area contributed by atoms with Gasteiger partial charge in [0, 0.05) is 34.9 Å². The number of anilines is 1. The number of amides is 1. The molecule has 3 heterocycles. The summed E-state index contributed by atoms with van der Waals surface area (Å²) in [6.07, 6.45) is 1.97. The highest BCUT2D eigenvalue weighted by Crippen LogP contribution is 2.41. The van der Waals surface area contributed by atoms with Gasteiger partial charge in [0.05, 0.1) is 11.7 Å². The predicted octanol–water partition coefficient (Wildman–Crippen LogP) is 6.55. The third-order valence-corrected chi connectivity index (χ3v) is 7.24. The van der Waals surface area contributed by atoms with Gasteiger partial charge in [-0.3, -0.25) is 9.78 Å². The Morgan fingerprint density at radius 3 is 2.70 bits per heavy atom. The fraction of sp³-hybridized carbons (Fsp3) is 0.179. The van der Waals surface area contributed by atoms with Gasteiger partial charge in [-0.15, -0.1) is 0 Å². The first kappa shape index (κ1) is 25.1. The number of halogens is 2. The summed E-state index contributed by atoms with van der Waals surface area (Å²) < 4.78 is 20.5. The lowest BCUT2D eigenvalue weighted by Gasteiger charge is -2.25. The van der Waals surface area contributed by atoms with Crippen molar-refractivity contribution in [3.05, 3.63) is 106 Å². The molecule has 1 aliphatic heterocycles. The molecule has 0 radical (unpaired) electrons. The van der Waals surface area contributed by atoms with Crippen LogP contribution in [0, 0.1) is 12.7 Å². The number of carbonyl (C=O) groups is 1. The number of pyridine rings is 1. The topological polar surface area (TPSA) is 70.4 Å².